The van der Waals surface area contributed by atoms with E-state index in [0.717, 1.165) is 24.1 Å². The molecule has 3 amide bonds. The van der Waals surface area contributed by atoms with E-state index in [4.69, 9.17) is 0 Å². The Hall–Kier alpha value is -2.04. The fourth-order valence-electron chi connectivity index (χ4n) is 1.73. The van der Waals surface area contributed by atoms with Crippen molar-refractivity contribution in [3.63, 3.8) is 0 Å². The third-order valence-corrected chi connectivity index (χ3v) is 3.05. The molecule has 0 aliphatic heterocycles. The zero-order valence-electron chi connectivity index (χ0n) is 11.0. The largest absolute Gasteiger partial charge is 0.354 e. The molecule has 0 saturated heterocycles. The van der Waals surface area contributed by atoms with Gasteiger partial charge < -0.3 is 16.0 Å². The third-order valence-electron chi connectivity index (χ3n) is 3.05. The molecule has 5 heteroatoms. The fraction of sp³-hybridized carbons (Fsp3) is 0.429. The Balaban J connectivity index is 1.64. The molecule has 3 N–H and O–H groups in total. The van der Waals surface area contributed by atoms with Crippen LogP contribution in [-0.2, 0) is 4.79 Å². The van der Waals surface area contributed by atoms with E-state index in [1.807, 2.05) is 31.2 Å². The highest BCUT2D eigenvalue weighted by molar-refractivity contribution is 5.90. The summed E-state index contributed by atoms with van der Waals surface area (Å²) < 4.78 is 0. The summed E-state index contributed by atoms with van der Waals surface area (Å²) in [6, 6.07) is 7.33. The van der Waals surface area contributed by atoms with E-state index in [1.165, 1.54) is 0 Å². The average molecular weight is 261 g/mol. The number of para-hydroxylation sites is 1. The lowest BCUT2D eigenvalue weighted by Crippen LogP contribution is -2.37. The molecule has 1 saturated carbocycles. The zero-order chi connectivity index (χ0) is 13.7. The van der Waals surface area contributed by atoms with Crippen molar-refractivity contribution in [3.8, 4) is 0 Å². The molecule has 0 spiro atoms. The number of urea groups is 1. The number of aryl methyl sites for hydroxylation is 1. The fourth-order valence-corrected chi connectivity index (χ4v) is 1.73. The van der Waals surface area contributed by atoms with Crippen LogP contribution < -0.4 is 16.0 Å². The van der Waals surface area contributed by atoms with Crippen molar-refractivity contribution in [1.82, 2.24) is 10.6 Å². The molecular weight excluding hydrogens is 242 g/mol. The van der Waals surface area contributed by atoms with Crippen LogP contribution in [-0.4, -0.2) is 25.0 Å². The van der Waals surface area contributed by atoms with Gasteiger partial charge in [-0.1, -0.05) is 18.2 Å². The lowest BCUT2D eigenvalue weighted by Gasteiger charge is -2.10. The molecule has 1 aliphatic rings. The van der Waals surface area contributed by atoms with Gasteiger partial charge in [0.05, 0.1) is 0 Å². The van der Waals surface area contributed by atoms with E-state index in [-0.39, 0.29) is 17.9 Å². The van der Waals surface area contributed by atoms with Gasteiger partial charge in [-0.2, -0.15) is 0 Å². The molecule has 5 nitrogen and oxygen atoms in total. The molecule has 0 atom stereocenters. The molecule has 2 rings (SSSR count). The van der Waals surface area contributed by atoms with Crippen LogP contribution in [0.4, 0.5) is 10.5 Å². The molecule has 19 heavy (non-hydrogen) atoms. The van der Waals surface area contributed by atoms with Crippen molar-refractivity contribution in [2.24, 2.45) is 5.92 Å². The maximum atomic E-state index is 11.6. The first-order valence-electron chi connectivity index (χ1n) is 6.55. The van der Waals surface area contributed by atoms with Crippen molar-refractivity contribution in [2.75, 3.05) is 18.4 Å². The van der Waals surface area contributed by atoms with Gasteiger partial charge in [0.25, 0.3) is 0 Å². The molecule has 0 unspecified atom stereocenters. The predicted octanol–water partition coefficient (Wildman–Crippen LogP) is 1.64. The van der Waals surface area contributed by atoms with E-state index < -0.39 is 0 Å². The van der Waals surface area contributed by atoms with Crippen LogP contribution >= 0.6 is 0 Å². The first-order valence-corrected chi connectivity index (χ1v) is 6.55. The van der Waals surface area contributed by atoms with Crippen molar-refractivity contribution in [3.05, 3.63) is 29.8 Å². The Kier molecular flexibility index (Phi) is 4.39. The van der Waals surface area contributed by atoms with Crippen molar-refractivity contribution in [1.29, 1.82) is 0 Å². The first kappa shape index (κ1) is 13.4. The third kappa shape index (κ3) is 4.28. The van der Waals surface area contributed by atoms with Gasteiger partial charge >= 0.3 is 6.03 Å². The minimum absolute atomic E-state index is 0.0983. The quantitative estimate of drug-likeness (QED) is 0.705. The molecule has 0 heterocycles. The molecule has 1 aromatic carbocycles. The van der Waals surface area contributed by atoms with Crippen LogP contribution in [0, 0.1) is 12.8 Å². The lowest BCUT2D eigenvalue weighted by atomic mass is 10.2. The summed E-state index contributed by atoms with van der Waals surface area (Å²) in [5, 5.41) is 8.27. The summed E-state index contributed by atoms with van der Waals surface area (Å²) in [5.41, 5.74) is 1.81. The summed E-state index contributed by atoms with van der Waals surface area (Å²) in [6.07, 6.45) is 1.99. The summed E-state index contributed by atoms with van der Waals surface area (Å²) >= 11 is 0. The second-order valence-electron chi connectivity index (χ2n) is 4.76. The maximum absolute atomic E-state index is 11.6. The monoisotopic (exact) mass is 261 g/mol. The van der Waals surface area contributed by atoms with Crippen LogP contribution in [0.2, 0.25) is 0 Å². The van der Waals surface area contributed by atoms with E-state index in [1.54, 1.807) is 0 Å². The van der Waals surface area contributed by atoms with Crippen molar-refractivity contribution >= 4 is 17.6 Å². The van der Waals surface area contributed by atoms with Crippen LogP contribution in [0.15, 0.2) is 24.3 Å². The smallest absolute Gasteiger partial charge is 0.319 e. The summed E-state index contributed by atoms with van der Waals surface area (Å²) in [7, 11) is 0. The average Bonchev–Trinajstić information content (AvgIpc) is 3.21. The van der Waals surface area contributed by atoms with Gasteiger partial charge in [0.1, 0.15) is 0 Å². The van der Waals surface area contributed by atoms with Crippen LogP contribution in [0.5, 0.6) is 0 Å². The minimum Gasteiger partial charge on any atom is -0.354 e. The number of hydrogen-bond acceptors (Lipinski definition) is 2. The number of hydrogen-bond donors (Lipinski definition) is 3. The molecule has 1 aliphatic carbocycles. The number of anilines is 1. The van der Waals surface area contributed by atoms with Gasteiger partial charge in [0, 0.05) is 24.7 Å². The van der Waals surface area contributed by atoms with Gasteiger partial charge in [0.15, 0.2) is 0 Å². The Morgan fingerprint density at radius 1 is 1.16 bits per heavy atom. The normalized spacial score (nSPS) is 13.7. The van der Waals surface area contributed by atoms with Crippen LogP contribution in [0.1, 0.15) is 18.4 Å². The van der Waals surface area contributed by atoms with Crippen LogP contribution in [0.25, 0.3) is 0 Å². The van der Waals surface area contributed by atoms with Gasteiger partial charge in [-0.3, -0.25) is 4.79 Å². The SMILES string of the molecule is Cc1ccccc1NC(=O)NCCNC(=O)C1CC1. The number of carbonyl (C=O) groups excluding carboxylic acids is 2. The van der Waals surface area contributed by atoms with E-state index in [9.17, 15) is 9.59 Å². The summed E-state index contributed by atoms with van der Waals surface area (Å²) in [4.78, 5) is 23.0. The number of rotatable bonds is 5. The van der Waals surface area contributed by atoms with E-state index >= 15 is 0 Å². The van der Waals surface area contributed by atoms with E-state index in [2.05, 4.69) is 16.0 Å². The molecular formula is C14H19N3O2. The minimum atomic E-state index is -0.255. The molecule has 0 radical (unpaired) electrons. The highest BCUT2D eigenvalue weighted by Crippen LogP contribution is 2.28. The highest BCUT2D eigenvalue weighted by atomic mass is 16.2. The predicted molar refractivity (Wildman–Crippen MR) is 73.9 cm³/mol. The van der Waals surface area contributed by atoms with E-state index in [0.29, 0.717) is 13.1 Å². The molecule has 0 aromatic heterocycles. The number of nitrogens with one attached hydrogen (secondary N) is 3. The molecule has 1 fully saturated rings. The Labute approximate surface area is 112 Å². The maximum Gasteiger partial charge on any atom is 0.319 e. The number of amides is 3. The highest BCUT2D eigenvalue weighted by Gasteiger charge is 2.28. The Bertz CT molecular complexity index is 470. The zero-order valence-corrected chi connectivity index (χ0v) is 11.0. The van der Waals surface area contributed by atoms with Gasteiger partial charge in [-0.05, 0) is 31.4 Å². The number of benzene rings is 1. The Morgan fingerprint density at radius 2 is 1.84 bits per heavy atom. The number of carbonyl (C=O) groups is 2. The van der Waals surface area contributed by atoms with Gasteiger partial charge in [-0.25, -0.2) is 4.79 Å². The van der Waals surface area contributed by atoms with Crippen molar-refractivity contribution < 1.29 is 9.59 Å². The summed E-state index contributed by atoms with van der Waals surface area (Å²) in [6.45, 7) is 2.83. The second-order valence-corrected chi connectivity index (χ2v) is 4.76. The second kappa shape index (κ2) is 6.22. The van der Waals surface area contributed by atoms with Crippen LogP contribution in [0.3, 0.4) is 0 Å². The lowest BCUT2D eigenvalue weighted by molar-refractivity contribution is -0.122. The summed E-state index contributed by atoms with van der Waals surface area (Å²) in [5.74, 6) is 0.307. The topological polar surface area (TPSA) is 70.2 Å². The molecule has 102 valence electrons. The van der Waals surface area contributed by atoms with Gasteiger partial charge in [0.2, 0.25) is 5.91 Å². The van der Waals surface area contributed by atoms with Gasteiger partial charge in [-0.15, -0.1) is 0 Å². The first-order chi connectivity index (χ1) is 9.16. The molecule has 0 bridgehead atoms. The van der Waals surface area contributed by atoms with Crippen molar-refractivity contribution in [2.45, 2.75) is 19.8 Å². The standard InChI is InChI=1S/C14H19N3O2/c1-10-4-2-3-5-12(10)17-14(19)16-9-8-15-13(18)11-6-7-11/h2-5,11H,6-9H2,1H3,(H,15,18)(H2,16,17,19). The molecule has 1 aromatic rings. The Morgan fingerprint density at radius 3 is 2.53 bits per heavy atom.